The van der Waals surface area contributed by atoms with E-state index in [9.17, 15) is 14.4 Å². The molecule has 0 heterocycles. The molecule has 0 aromatic heterocycles. The van der Waals surface area contributed by atoms with Gasteiger partial charge in [-0.2, -0.15) is 0 Å². The molecule has 0 saturated heterocycles. The maximum atomic E-state index is 11.6. The van der Waals surface area contributed by atoms with Crippen molar-refractivity contribution in [1.82, 2.24) is 10.6 Å². The van der Waals surface area contributed by atoms with Crippen molar-refractivity contribution >= 4 is 35.7 Å². The van der Waals surface area contributed by atoms with Gasteiger partial charge >= 0.3 is 12.0 Å². The molecule has 1 rings (SSSR count). The summed E-state index contributed by atoms with van der Waals surface area (Å²) in [6.45, 7) is 4.05. The summed E-state index contributed by atoms with van der Waals surface area (Å²) in [6, 6.07) is 7.06. The lowest BCUT2D eigenvalue weighted by Gasteiger charge is -2.08. The Hall–Kier alpha value is -2.28. The van der Waals surface area contributed by atoms with E-state index in [1.54, 1.807) is 17.8 Å². The summed E-state index contributed by atoms with van der Waals surface area (Å²) in [5.41, 5.74) is 0.851. The van der Waals surface area contributed by atoms with E-state index in [1.807, 2.05) is 44.4 Å². The topological polar surface area (TPSA) is 84.5 Å². The third-order valence-corrected chi connectivity index (χ3v) is 3.88. The molecule has 0 aliphatic rings. The van der Waals surface area contributed by atoms with E-state index in [1.165, 1.54) is 6.08 Å². The molecule has 25 heavy (non-hydrogen) atoms. The monoisotopic (exact) mass is 364 g/mol. The van der Waals surface area contributed by atoms with Crippen molar-refractivity contribution in [3.63, 3.8) is 0 Å². The first-order valence-electron chi connectivity index (χ1n) is 7.97. The lowest BCUT2D eigenvalue weighted by atomic mass is 10.1. The average Bonchev–Trinajstić information content (AvgIpc) is 2.58. The predicted octanol–water partition coefficient (Wildman–Crippen LogP) is 2.84. The van der Waals surface area contributed by atoms with E-state index in [2.05, 4.69) is 10.6 Å². The first-order chi connectivity index (χ1) is 11.9. The number of imide groups is 1. The molecular formula is C18H24N2O4S. The number of hydrogen-bond acceptors (Lipinski definition) is 5. The lowest BCUT2D eigenvalue weighted by molar-refractivity contribution is -0.143. The molecule has 136 valence electrons. The lowest BCUT2D eigenvalue weighted by Crippen LogP contribution is -2.41. The van der Waals surface area contributed by atoms with Crippen molar-refractivity contribution in [3.8, 4) is 0 Å². The average molecular weight is 364 g/mol. The van der Waals surface area contributed by atoms with Crippen LogP contribution < -0.4 is 10.6 Å². The van der Waals surface area contributed by atoms with Crippen molar-refractivity contribution in [3.05, 3.63) is 35.9 Å². The van der Waals surface area contributed by atoms with E-state index in [4.69, 9.17) is 4.74 Å². The highest BCUT2D eigenvalue weighted by Crippen LogP contribution is 2.15. The first kappa shape index (κ1) is 20.8. The van der Waals surface area contributed by atoms with Crippen LogP contribution in [-0.2, 0) is 14.3 Å². The summed E-state index contributed by atoms with van der Waals surface area (Å²) < 4.78 is 4.79. The zero-order valence-corrected chi connectivity index (χ0v) is 15.5. The number of esters is 1. The van der Waals surface area contributed by atoms with Crippen LogP contribution in [0.3, 0.4) is 0 Å². The Morgan fingerprint density at radius 1 is 1.20 bits per heavy atom. The molecule has 6 nitrogen and oxygen atoms in total. The fraction of sp³-hybridized carbons (Fsp3) is 0.389. The highest BCUT2D eigenvalue weighted by molar-refractivity contribution is 7.98. The molecule has 0 aliphatic carbocycles. The molecule has 0 unspecified atom stereocenters. The van der Waals surface area contributed by atoms with E-state index in [0.29, 0.717) is 12.5 Å². The second-order valence-corrected chi connectivity index (χ2v) is 6.58. The van der Waals surface area contributed by atoms with Crippen LogP contribution in [0.5, 0.6) is 0 Å². The Kier molecular flexibility index (Phi) is 9.39. The van der Waals surface area contributed by atoms with Crippen LogP contribution in [0.25, 0.3) is 6.08 Å². The number of thioether (sulfide) groups is 1. The molecule has 0 saturated carbocycles. The van der Waals surface area contributed by atoms with Gasteiger partial charge in [-0.25, -0.2) is 9.59 Å². The fourth-order valence-electron chi connectivity index (χ4n) is 1.75. The number of benzene rings is 1. The molecule has 1 aromatic carbocycles. The summed E-state index contributed by atoms with van der Waals surface area (Å²) >= 11 is 1.63. The number of carbonyl (C=O) groups is 3. The standard InChI is InChI=1S/C18H24N2O4S/c1-13(2)10-11-19-18(23)20-16(21)12-24-17(22)9-6-14-4-7-15(25-3)8-5-14/h4-9,13H,10-12H2,1-3H3,(H2,19,20,21,23)/b9-6+. The maximum absolute atomic E-state index is 11.6. The SMILES string of the molecule is CSc1ccc(/C=C/C(=O)OCC(=O)NC(=O)NCCC(C)C)cc1. The van der Waals surface area contributed by atoms with Crippen LogP contribution in [0.2, 0.25) is 0 Å². The van der Waals surface area contributed by atoms with Crippen molar-refractivity contribution in [2.75, 3.05) is 19.4 Å². The van der Waals surface area contributed by atoms with E-state index >= 15 is 0 Å². The van der Waals surface area contributed by atoms with Gasteiger partial charge in [0.25, 0.3) is 5.91 Å². The van der Waals surface area contributed by atoms with E-state index < -0.39 is 24.5 Å². The molecule has 0 bridgehead atoms. The third-order valence-electron chi connectivity index (χ3n) is 3.13. The molecular weight excluding hydrogens is 340 g/mol. The highest BCUT2D eigenvalue weighted by Gasteiger charge is 2.09. The molecule has 0 atom stereocenters. The van der Waals surface area contributed by atoms with Crippen molar-refractivity contribution < 1.29 is 19.1 Å². The molecule has 7 heteroatoms. The summed E-state index contributed by atoms with van der Waals surface area (Å²) in [5.74, 6) is -0.863. The smallest absolute Gasteiger partial charge is 0.331 e. The van der Waals surface area contributed by atoms with Gasteiger partial charge in [-0.15, -0.1) is 11.8 Å². The Bertz CT molecular complexity index is 612. The van der Waals surface area contributed by atoms with Gasteiger partial charge in [-0.3, -0.25) is 10.1 Å². The molecule has 3 amide bonds. The van der Waals surface area contributed by atoms with Crippen molar-refractivity contribution in [2.24, 2.45) is 5.92 Å². The van der Waals surface area contributed by atoms with Crippen LogP contribution in [0.15, 0.2) is 35.2 Å². The number of ether oxygens (including phenoxy) is 1. The number of rotatable bonds is 8. The van der Waals surface area contributed by atoms with Crippen LogP contribution in [0.4, 0.5) is 4.79 Å². The Balaban J connectivity index is 2.29. The van der Waals surface area contributed by atoms with Crippen LogP contribution in [0.1, 0.15) is 25.8 Å². The predicted molar refractivity (Wildman–Crippen MR) is 99.2 cm³/mol. The van der Waals surface area contributed by atoms with Gasteiger partial charge in [0.15, 0.2) is 6.61 Å². The van der Waals surface area contributed by atoms with Gasteiger partial charge in [0, 0.05) is 17.5 Å². The van der Waals surface area contributed by atoms with E-state index in [-0.39, 0.29) is 0 Å². The van der Waals surface area contributed by atoms with Gasteiger partial charge in [0.05, 0.1) is 0 Å². The summed E-state index contributed by atoms with van der Waals surface area (Å²) in [4.78, 5) is 35.7. The van der Waals surface area contributed by atoms with Crippen LogP contribution in [0, 0.1) is 5.92 Å². The molecule has 0 spiro atoms. The largest absolute Gasteiger partial charge is 0.452 e. The van der Waals surface area contributed by atoms with Crippen LogP contribution in [-0.4, -0.2) is 37.3 Å². The van der Waals surface area contributed by atoms with Crippen LogP contribution >= 0.6 is 11.8 Å². The normalized spacial score (nSPS) is 10.7. The number of urea groups is 1. The minimum absolute atomic E-state index is 0.459. The van der Waals surface area contributed by atoms with Gasteiger partial charge in [-0.1, -0.05) is 26.0 Å². The minimum atomic E-state index is -0.673. The second-order valence-electron chi connectivity index (χ2n) is 5.70. The Morgan fingerprint density at radius 2 is 1.88 bits per heavy atom. The van der Waals surface area contributed by atoms with Crippen molar-refractivity contribution in [2.45, 2.75) is 25.2 Å². The van der Waals surface area contributed by atoms with Gasteiger partial charge < -0.3 is 10.1 Å². The number of nitrogens with one attached hydrogen (secondary N) is 2. The molecule has 0 aliphatic heterocycles. The fourth-order valence-corrected chi connectivity index (χ4v) is 2.15. The maximum Gasteiger partial charge on any atom is 0.331 e. The molecule has 0 radical (unpaired) electrons. The molecule has 1 aromatic rings. The zero-order chi connectivity index (χ0) is 18.7. The van der Waals surface area contributed by atoms with Gasteiger partial charge in [0.1, 0.15) is 0 Å². The Morgan fingerprint density at radius 3 is 2.48 bits per heavy atom. The Labute approximate surface area is 152 Å². The van der Waals surface area contributed by atoms with Gasteiger partial charge in [-0.05, 0) is 42.4 Å². The molecule has 0 fully saturated rings. The quantitative estimate of drug-likeness (QED) is 0.421. The van der Waals surface area contributed by atoms with Crippen molar-refractivity contribution in [1.29, 1.82) is 0 Å². The first-order valence-corrected chi connectivity index (χ1v) is 9.19. The molecule has 2 N–H and O–H groups in total. The second kappa shape index (κ2) is 11.3. The highest BCUT2D eigenvalue weighted by atomic mass is 32.2. The number of hydrogen-bond donors (Lipinski definition) is 2. The zero-order valence-electron chi connectivity index (χ0n) is 14.7. The minimum Gasteiger partial charge on any atom is -0.452 e. The summed E-state index contributed by atoms with van der Waals surface area (Å²) in [6.07, 6.45) is 5.64. The summed E-state index contributed by atoms with van der Waals surface area (Å²) in [7, 11) is 0. The number of amides is 3. The number of carbonyl (C=O) groups excluding carboxylic acids is 3. The van der Waals surface area contributed by atoms with E-state index in [0.717, 1.165) is 16.9 Å². The third kappa shape index (κ3) is 9.56. The van der Waals surface area contributed by atoms with Gasteiger partial charge in [0.2, 0.25) is 0 Å². The summed E-state index contributed by atoms with van der Waals surface area (Å²) in [5, 5.41) is 4.66.